The molecule has 2 atom stereocenters. The van der Waals surface area contributed by atoms with Crippen molar-refractivity contribution < 1.29 is 17.9 Å². The number of ether oxygens (including phenoxy) is 1. The molecule has 21 heavy (non-hydrogen) atoms. The molecule has 2 rings (SSSR count). The zero-order valence-electron chi connectivity index (χ0n) is 12.3. The minimum Gasteiger partial charge on any atom is -0.474 e. The molecule has 1 aromatic heterocycles. The van der Waals surface area contributed by atoms with Crippen LogP contribution in [-0.4, -0.2) is 11.1 Å². The second-order valence-electron chi connectivity index (χ2n) is 6.67. The Kier molecular flexibility index (Phi) is 4.43. The quantitative estimate of drug-likeness (QED) is 0.685. The smallest absolute Gasteiger partial charge is 0.416 e. The molecule has 0 amide bonds. The fourth-order valence-electron chi connectivity index (χ4n) is 3.22. The Labute approximate surface area is 127 Å². The molecule has 1 fully saturated rings. The second kappa shape index (κ2) is 5.67. The number of nitrogens with zero attached hydrogens (tertiary/aromatic N) is 1. The molecule has 1 aliphatic rings. The van der Waals surface area contributed by atoms with Crippen LogP contribution in [0.25, 0.3) is 0 Å². The molecule has 1 saturated carbocycles. The molecule has 0 radical (unpaired) electrons. The summed E-state index contributed by atoms with van der Waals surface area (Å²) >= 11 is 5.67. The summed E-state index contributed by atoms with van der Waals surface area (Å²) in [6, 6.07) is 1.72. The van der Waals surface area contributed by atoms with E-state index in [0.717, 1.165) is 31.4 Å². The highest BCUT2D eigenvalue weighted by molar-refractivity contribution is 6.29. The van der Waals surface area contributed by atoms with E-state index >= 15 is 0 Å². The first kappa shape index (κ1) is 16.4. The van der Waals surface area contributed by atoms with Crippen LogP contribution in [0.5, 0.6) is 5.88 Å². The van der Waals surface area contributed by atoms with Crippen LogP contribution < -0.4 is 4.74 Å². The summed E-state index contributed by atoms with van der Waals surface area (Å²) in [6.07, 6.45) is -1.88. The first-order valence-corrected chi connectivity index (χ1v) is 7.34. The van der Waals surface area contributed by atoms with Crippen molar-refractivity contribution in [3.8, 4) is 5.88 Å². The van der Waals surface area contributed by atoms with Crippen molar-refractivity contribution in [3.63, 3.8) is 0 Å². The molecular formula is C15H19ClF3NO. The normalized spacial score (nSPS) is 25.7. The monoisotopic (exact) mass is 321 g/mol. The van der Waals surface area contributed by atoms with E-state index in [1.807, 2.05) is 0 Å². The van der Waals surface area contributed by atoms with Crippen molar-refractivity contribution in [3.05, 3.63) is 22.8 Å². The molecule has 0 bridgehead atoms. The zero-order chi connectivity index (χ0) is 15.8. The molecule has 0 saturated heterocycles. The third-order valence-corrected chi connectivity index (χ3v) is 3.93. The Balaban J connectivity index is 2.18. The lowest BCUT2D eigenvalue weighted by molar-refractivity contribution is -0.137. The maximum Gasteiger partial charge on any atom is 0.416 e. The van der Waals surface area contributed by atoms with Crippen LogP contribution in [0.15, 0.2) is 12.1 Å². The molecule has 1 heterocycles. The molecule has 0 aromatic carbocycles. The number of aromatic nitrogens is 1. The van der Waals surface area contributed by atoms with Crippen LogP contribution in [-0.2, 0) is 6.18 Å². The highest BCUT2D eigenvalue weighted by Crippen LogP contribution is 2.40. The SMILES string of the molecule is CC1CC(Oc2cc(C(F)(F)F)cc(Cl)n2)CC(C)(C)C1. The van der Waals surface area contributed by atoms with Gasteiger partial charge < -0.3 is 4.74 Å². The Bertz CT molecular complexity index is 516. The summed E-state index contributed by atoms with van der Waals surface area (Å²) in [5, 5.41) is -0.206. The predicted molar refractivity (Wildman–Crippen MR) is 75.5 cm³/mol. The highest BCUT2D eigenvalue weighted by Gasteiger charge is 2.35. The topological polar surface area (TPSA) is 22.1 Å². The fraction of sp³-hybridized carbons (Fsp3) is 0.667. The summed E-state index contributed by atoms with van der Waals surface area (Å²) in [7, 11) is 0. The van der Waals surface area contributed by atoms with E-state index in [-0.39, 0.29) is 22.6 Å². The number of halogens is 4. The Morgan fingerprint density at radius 3 is 2.52 bits per heavy atom. The molecule has 0 spiro atoms. The van der Waals surface area contributed by atoms with E-state index in [1.54, 1.807) is 0 Å². The van der Waals surface area contributed by atoms with Crippen molar-refractivity contribution in [2.45, 2.75) is 52.3 Å². The molecule has 118 valence electrons. The van der Waals surface area contributed by atoms with Crippen LogP contribution in [0.3, 0.4) is 0 Å². The van der Waals surface area contributed by atoms with Crippen LogP contribution in [0, 0.1) is 11.3 Å². The number of rotatable bonds is 2. The summed E-state index contributed by atoms with van der Waals surface area (Å²) in [4.78, 5) is 3.86. The summed E-state index contributed by atoms with van der Waals surface area (Å²) in [5.41, 5.74) is -0.714. The van der Waals surface area contributed by atoms with Gasteiger partial charge in [0, 0.05) is 6.07 Å². The van der Waals surface area contributed by atoms with E-state index in [4.69, 9.17) is 16.3 Å². The molecular weight excluding hydrogens is 303 g/mol. The Morgan fingerprint density at radius 1 is 1.29 bits per heavy atom. The van der Waals surface area contributed by atoms with Crippen molar-refractivity contribution >= 4 is 11.6 Å². The Morgan fingerprint density at radius 2 is 1.95 bits per heavy atom. The molecule has 1 aliphatic carbocycles. The van der Waals surface area contributed by atoms with Crippen molar-refractivity contribution in [2.75, 3.05) is 0 Å². The van der Waals surface area contributed by atoms with Crippen LogP contribution >= 0.6 is 11.6 Å². The average molecular weight is 322 g/mol. The second-order valence-corrected chi connectivity index (χ2v) is 7.05. The molecule has 2 nitrogen and oxygen atoms in total. The lowest BCUT2D eigenvalue weighted by atomic mass is 9.71. The standard InChI is InChI=1S/C15H19ClF3NO/c1-9-4-11(8-14(2,3)7-9)21-13-6-10(15(17,18)19)5-12(16)20-13/h5-6,9,11H,4,7-8H2,1-3H3. The van der Waals surface area contributed by atoms with Gasteiger partial charge in [0.2, 0.25) is 5.88 Å². The highest BCUT2D eigenvalue weighted by atomic mass is 35.5. The molecule has 0 N–H and O–H groups in total. The third-order valence-electron chi connectivity index (χ3n) is 3.73. The van der Waals surface area contributed by atoms with Gasteiger partial charge in [-0.1, -0.05) is 32.4 Å². The maximum absolute atomic E-state index is 12.8. The molecule has 6 heteroatoms. The van der Waals surface area contributed by atoms with E-state index in [1.165, 1.54) is 0 Å². The molecule has 0 aliphatic heterocycles. The average Bonchev–Trinajstić information content (AvgIpc) is 2.23. The predicted octanol–water partition coefficient (Wildman–Crippen LogP) is 5.35. The van der Waals surface area contributed by atoms with E-state index in [9.17, 15) is 13.2 Å². The number of pyridine rings is 1. The fourth-order valence-corrected chi connectivity index (χ4v) is 3.42. The van der Waals surface area contributed by atoms with Crippen molar-refractivity contribution in [2.24, 2.45) is 11.3 Å². The van der Waals surface area contributed by atoms with Gasteiger partial charge in [-0.15, -0.1) is 0 Å². The first-order valence-electron chi connectivity index (χ1n) is 6.97. The molecule has 2 unspecified atom stereocenters. The number of alkyl halides is 3. The Hall–Kier alpha value is -0.970. The maximum atomic E-state index is 12.8. The van der Waals surface area contributed by atoms with Crippen molar-refractivity contribution in [1.29, 1.82) is 0 Å². The van der Waals surface area contributed by atoms with Crippen molar-refractivity contribution in [1.82, 2.24) is 4.98 Å². The van der Waals surface area contributed by atoms with Gasteiger partial charge in [-0.05, 0) is 36.7 Å². The number of hydrogen-bond donors (Lipinski definition) is 0. The third kappa shape index (κ3) is 4.50. The van der Waals surface area contributed by atoms with Gasteiger partial charge in [0.15, 0.2) is 0 Å². The summed E-state index contributed by atoms with van der Waals surface area (Å²) < 4.78 is 44.0. The van der Waals surface area contributed by atoms with Gasteiger partial charge in [0.25, 0.3) is 0 Å². The van der Waals surface area contributed by atoms with E-state index in [0.29, 0.717) is 5.92 Å². The van der Waals surface area contributed by atoms with Gasteiger partial charge in [-0.25, -0.2) is 4.98 Å². The number of hydrogen-bond acceptors (Lipinski definition) is 2. The van der Waals surface area contributed by atoms with Gasteiger partial charge in [-0.2, -0.15) is 13.2 Å². The van der Waals surface area contributed by atoms with Gasteiger partial charge in [-0.3, -0.25) is 0 Å². The summed E-state index contributed by atoms with van der Waals surface area (Å²) in [6.45, 7) is 6.42. The largest absolute Gasteiger partial charge is 0.474 e. The lowest BCUT2D eigenvalue weighted by Gasteiger charge is -2.38. The van der Waals surface area contributed by atoms with Crippen LogP contribution in [0.2, 0.25) is 5.15 Å². The van der Waals surface area contributed by atoms with Gasteiger partial charge >= 0.3 is 6.18 Å². The summed E-state index contributed by atoms with van der Waals surface area (Å²) in [5.74, 6) is 0.421. The lowest BCUT2D eigenvalue weighted by Crippen LogP contribution is -2.34. The molecule has 1 aromatic rings. The zero-order valence-corrected chi connectivity index (χ0v) is 13.1. The van der Waals surface area contributed by atoms with Gasteiger partial charge in [0.1, 0.15) is 11.3 Å². The minimum atomic E-state index is -4.45. The minimum absolute atomic E-state index is 0.0512. The van der Waals surface area contributed by atoms with Crippen LogP contribution in [0.1, 0.15) is 45.6 Å². The van der Waals surface area contributed by atoms with Crippen LogP contribution in [0.4, 0.5) is 13.2 Å². The first-order chi connectivity index (χ1) is 9.55. The van der Waals surface area contributed by atoms with Gasteiger partial charge in [0.05, 0.1) is 5.56 Å². The van der Waals surface area contributed by atoms with E-state index in [2.05, 4.69) is 25.8 Å². The van der Waals surface area contributed by atoms with E-state index < -0.39 is 11.7 Å².